The predicted molar refractivity (Wildman–Crippen MR) is 117 cm³/mol. The van der Waals surface area contributed by atoms with Gasteiger partial charge < -0.3 is 15.5 Å². The minimum atomic E-state index is -0.115. The highest BCUT2D eigenvalue weighted by molar-refractivity contribution is 6.04. The number of carbonyl (C=O) groups excluding carboxylic acids is 1. The molecule has 29 heavy (non-hydrogen) atoms. The van der Waals surface area contributed by atoms with E-state index in [2.05, 4.69) is 25.5 Å². The Bertz CT molecular complexity index is 1010. The number of carbonyl (C=O) groups is 1. The van der Waals surface area contributed by atoms with Gasteiger partial charge in [0.05, 0.1) is 0 Å². The summed E-state index contributed by atoms with van der Waals surface area (Å²) in [5, 5.41) is 6.27. The zero-order chi connectivity index (χ0) is 20.2. The van der Waals surface area contributed by atoms with E-state index < -0.39 is 0 Å². The molecule has 1 aliphatic heterocycles. The molecule has 0 atom stereocenters. The second-order valence-electron chi connectivity index (χ2n) is 7.41. The fourth-order valence-corrected chi connectivity index (χ4v) is 3.45. The Balaban J connectivity index is 1.44. The summed E-state index contributed by atoms with van der Waals surface area (Å²) in [7, 11) is 0. The van der Waals surface area contributed by atoms with Crippen LogP contribution in [0, 0.1) is 13.8 Å². The highest BCUT2D eigenvalue weighted by atomic mass is 16.1. The van der Waals surface area contributed by atoms with Crippen molar-refractivity contribution < 1.29 is 4.79 Å². The van der Waals surface area contributed by atoms with Crippen LogP contribution < -0.4 is 15.5 Å². The second-order valence-corrected chi connectivity index (χ2v) is 7.41. The van der Waals surface area contributed by atoms with Crippen LogP contribution in [0.25, 0.3) is 0 Å². The number of aryl methyl sites for hydroxylation is 2. The van der Waals surface area contributed by atoms with Crippen LogP contribution in [0.5, 0.6) is 0 Å². The van der Waals surface area contributed by atoms with Crippen LogP contribution in [-0.4, -0.2) is 29.0 Å². The summed E-state index contributed by atoms with van der Waals surface area (Å²) >= 11 is 0. The SMILES string of the molecule is Cc1cccc(C(=O)Nc2ccc(Nc3cc(C)nc(N4CCCC4)n3)cc2)c1. The lowest BCUT2D eigenvalue weighted by Gasteiger charge is -2.17. The number of anilines is 4. The van der Waals surface area contributed by atoms with Gasteiger partial charge in [-0.2, -0.15) is 4.98 Å². The fraction of sp³-hybridized carbons (Fsp3) is 0.261. The standard InChI is InChI=1S/C23H25N5O/c1-16-6-5-7-18(14-16)22(29)26-20-10-8-19(9-11-20)25-21-15-17(2)24-23(27-21)28-12-3-4-13-28/h5-11,14-15H,3-4,12-13H2,1-2H3,(H,26,29)(H,24,25,27). The molecule has 0 radical (unpaired) electrons. The third kappa shape index (κ3) is 4.71. The van der Waals surface area contributed by atoms with Crippen LogP contribution in [0.15, 0.2) is 54.6 Å². The summed E-state index contributed by atoms with van der Waals surface area (Å²) in [5.41, 5.74) is 4.30. The summed E-state index contributed by atoms with van der Waals surface area (Å²) in [6.07, 6.45) is 2.38. The average molecular weight is 387 g/mol. The maximum absolute atomic E-state index is 12.4. The number of rotatable bonds is 5. The van der Waals surface area contributed by atoms with E-state index in [9.17, 15) is 4.79 Å². The van der Waals surface area contributed by atoms with Crippen LogP contribution in [0.3, 0.4) is 0 Å². The molecular formula is C23H25N5O. The number of hydrogen-bond donors (Lipinski definition) is 2. The van der Waals surface area contributed by atoms with Crippen molar-refractivity contribution in [2.24, 2.45) is 0 Å². The van der Waals surface area contributed by atoms with Crippen molar-refractivity contribution >= 4 is 29.0 Å². The van der Waals surface area contributed by atoms with E-state index in [1.807, 2.05) is 68.4 Å². The van der Waals surface area contributed by atoms with E-state index in [1.165, 1.54) is 12.8 Å². The van der Waals surface area contributed by atoms with E-state index in [1.54, 1.807) is 0 Å². The van der Waals surface area contributed by atoms with Gasteiger partial charge in [0.15, 0.2) is 0 Å². The summed E-state index contributed by atoms with van der Waals surface area (Å²) < 4.78 is 0. The first-order valence-electron chi connectivity index (χ1n) is 9.92. The van der Waals surface area contributed by atoms with Crippen molar-refractivity contribution in [3.8, 4) is 0 Å². The molecule has 0 spiro atoms. The fourth-order valence-electron chi connectivity index (χ4n) is 3.45. The topological polar surface area (TPSA) is 70.2 Å². The molecule has 4 rings (SSSR count). The van der Waals surface area contributed by atoms with Crippen LogP contribution in [0.1, 0.15) is 34.5 Å². The third-order valence-corrected chi connectivity index (χ3v) is 4.93. The minimum absolute atomic E-state index is 0.115. The summed E-state index contributed by atoms with van der Waals surface area (Å²) in [6, 6.07) is 17.1. The lowest BCUT2D eigenvalue weighted by Crippen LogP contribution is -2.21. The number of amides is 1. The predicted octanol–water partition coefficient (Wildman–Crippen LogP) is 4.69. The molecule has 1 aromatic heterocycles. The molecule has 0 saturated carbocycles. The summed E-state index contributed by atoms with van der Waals surface area (Å²) in [4.78, 5) is 23.8. The molecule has 0 bridgehead atoms. The van der Waals surface area contributed by atoms with Crippen LogP contribution >= 0.6 is 0 Å². The molecule has 2 aromatic carbocycles. The molecule has 1 saturated heterocycles. The van der Waals surface area contributed by atoms with Crippen molar-refractivity contribution in [2.45, 2.75) is 26.7 Å². The lowest BCUT2D eigenvalue weighted by atomic mass is 10.1. The van der Waals surface area contributed by atoms with Gasteiger partial charge in [0.1, 0.15) is 5.82 Å². The molecule has 6 heteroatoms. The van der Waals surface area contributed by atoms with Gasteiger partial charge in [-0.3, -0.25) is 4.79 Å². The molecule has 3 aromatic rings. The number of nitrogens with one attached hydrogen (secondary N) is 2. The second kappa shape index (κ2) is 8.31. The molecular weight excluding hydrogens is 362 g/mol. The Kier molecular flexibility index (Phi) is 5.42. The van der Waals surface area contributed by atoms with Gasteiger partial charge in [-0.25, -0.2) is 4.98 Å². The molecule has 0 aliphatic carbocycles. The molecule has 0 unspecified atom stereocenters. The first kappa shape index (κ1) is 18.9. The smallest absolute Gasteiger partial charge is 0.255 e. The molecule has 1 amide bonds. The normalized spacial score (nSPS) is 13.4. The van der Waals surface area contributed by atoms with E-state index in [0.29, 0.717) is 5.56 Å². The van der Waals surface area contributed by atoms with Crippen molar-refractivity contribution in [3.63, 3.8) is 0 Å². The molecule has 148 valence electrons. The Labute approximate surface area is 171 Å². The van der Waals surface area contributed by atoms with Gasteiger partial charge in [-0.15, -0.1) is 0 Å². The Morgan fingerprint density at radius 1 is 0.931 bits per heavy atom. The van der Waals surface area contributed by atoms with E-state index in [-0.39, 0.29) is 5.91 Å². The number of nitrogens with zero attached hydrogens (tertiary/aromatic N) is 3. The highest BCUT2D eigenvalue weighted by Gasteiger charge is 2.16. The van der Waals surface area contributed by atoms with E-state index in [0.717, 1.165) is 47.5 Å². The zero-order valence-corrected chi connectivity index (χ0v) is 16.8. The number of hydrogen-bond acceptors (Lipinski definition) is 5. The zero-order valence-electron chi connectivity index (χ0n) is 16.8. The third-order valence-electron chi connectivity index (χ3n) is 4.93. The van der Waals surface area contributed by atoms with Crippen molar-refractivity contribution in [2.75, 3.05) is 28.6 Å². The van der Waals surface area contributed by atoms with Crippen molar-refractivity contribution in [1.29, 1.82) is 0 Å². The van der Waals surface area contributed by atoms with Gasteiger partial charge in [0.25, 0.3) is 5.91 Å². The maximum atomic E-state index is 12.4. The average Bonchev–Trinajstić information content (AvgIpc) is 3.24. The van der Waals surface area contributed by atoms with Crippen LogP contribution in [-0.2, 0) is 0 Å². The van der Waals surface area contributed by atoms with Crippen LogP contribution in [0.4, 0.5) is 23.1 Å². The number of benzene rings is 2. The molecule has 6 nitrogen and oxygen atoms in total. The highest BCUT2D eigenvalue weighted by Crippen LogP contribution is 2.22. The Morgan fingerprint density at radius 3 is 2.38 bits per heavy atom. The van der Waals surface area contributed by atoms with Gasteiger partial charge >= 0.3 is 0 Å². The van der Waals surface area contributed by atoms with Gasteiger partial charge in [-0.1, -0.05) is 17.7 Å². The molecule has 2 heterocycles. The largest absolute Gasteiger partial charge is 0.341 e. The first-order chi connectivity index (χ1) is 14.1. The Morgan fingerprint density at radius 2 is 1.66 bits per heavy atom. The van der Waals surface area contributed by atoms with E-state index in [4.69, 9.17) is 0 Å². The van der Waals surface area contributed by atoms with E-state index >= 15 is 0 Å². The molecule has 1 fully saturated rings. The Hall–Kier alpha value is -3.41. The minimum Gasteiger partial charge on any atom is -0.341 e. The lowest BCUT2D eigenvalue weighted by molar-refractivity contribution is 0.102. The quantitative estimate of drug-likeness (QED) is 0.665. The molecule has 1 aliphatic rings. The maximum Gasteiger partial charge on any atom is 0.255 e. The van der Waals surface area contributed by atoms with Crippen molar-refractivity contribution in [3.05, 3.63) is 71.4 Å². The van der Waals surface area contributed by atoms with Crippen LogP contribution in [0.2, 0.25) is 0 Å². The van der Waals surface area contributed by atoms with Crippen molar-refractivity contribution in [1.82, 2.24) is 9.97 Å². The molecule has 2 N–H and O–H groups in total. The van der Waals surface area contributed by atoms with Gasteiger partial charge in [0, 0.05) is 41.8 Å². The summed E-state index contributed by atoms with van der Waals surface area (Å²) in [6.45, 7) is 5.98. The number of aromatic nitrogens is 2. The first-order valence-corrected chi connectivity index (χ1v) is 9.92. The van der Waals surface area contributed by atoms with Gasteiger partial charge in [0.2, 0.25) is 5.95 Å². The monoisotopic (exact) mass is 387 g/mol. The van der Waals surface area contributed by atoms with Gasteiger partial charge in [-0.05, 0) is 63.1 Å². The summed E-state index contributed by atoms with van der Waals surface area (Å²) in [5.74, 6) is 1.44.